The van der Waals surface area contributed by atoms with E-state index in [9.17, 15) is 0 Å². The molecule has 0 N–H and O–H groups in total. The Kier molecular flexibility index (Phi) is 3.68. The first-order chi connectivity index (χ1) is 28.6. The minimum atomic E-state index is -0.545. The molecule has 15 aromatic rings. The number of benzene rings is 10. The third-order valence-corrected chi connectivity index (χ3v) is 17.2. The summed E-state index contributed by atoms with van der Waals surface area (Å²) in [5.41, 5.74) is 2.43. The Hall–Kier alpha value is -7.13. The van der Waals surface area contributed by atoms with Crippen LogP contribution >= 0.6 is 0 Å². The van der Waals surface area contributed by atoms with Crippen LogP contribution in [0.3, 0.4) is 0 Å². The van der Waals surface area contributed by atoms with Gasteiger partial charge in [-0.2, -0.15) is 0 Å². The van der Waals surface area contributed by atoms with E-state index >= 15 is 4.79 Å². The van der Waals surface area contributed by atoms with Crippen LogP contribution in [0.1, 0.15) is 40.7 Å². The van der Waals surface area contributed by atoms with E-state index in [1.807, 2.05) is 30.3 Å². The molecule has 2 nitrogen and oxygen atoms in total. The lowest BCUT2D eigenvalue weighted by Crippen LogP contribution is -2.50. The number of carbonyl (C=O) groups excluding carboxylic acids is 1. The number of carbonyl (C=O) groups is 1. The Balaban J connectivity index is 1.20. The number of nitrogens with zero attached hydrogens (tertiary/aromatic N) is 1. The van der Waals surface area contributed by atoms with Gasteiger partial charge in [0.05, 0.1) is 11.5 Å². The molecule has 1 aliphatic heterocycles. The maximum absolute atomic E-state index is 15.2. The largest absolute Gasteiger partial charge is 0.333 e. The Morgan fingerprint density at radius 2 is 1.03 bits per heavy atom. The van der Waals surface area contributed by atoms with Gasteiger partial charge in [-0.05, 0) is 175 Å². The molecule has 58 heavy (non-hydrogen) atoms. The lowest BCUT2D eigenvalue weighted by molar-refractivity contribution is 0.0701. The zero-order chi connectivity index (χ0) is 37.2. The van der Waals surface area contributed by atoms with E-state index in [2.05, 4.69) is 71.3 Å². The Morgan fingerprint density at radius 1 is 0.552 bits per heavy atom. The van der Waals surface area contributed by atoms with Crippen LogP contribution in [-0.2, 0) is 5.41 Å². The van der Waals surface area contributed by atoms with E-state index in [1.54, 1.807) is 0 Å². The highest BCUT2D eigenvalue weighted by Gasteiger charge is 2.68. The van der Waals surface area contributed by atoms with Crippen molar-refractivity contribution in [3.05, 3.63) is 101 Å². The smallest absolute Gasteiger partial charge is 0.254 e. The first-order valence-corrected chi connectivity index (χ1v) is 20.8. The summed E-state index contributed by atoms with van der Waals surface area (Å²) in [6, 6.07) is 29.1. The first kappa shape index (κ1) is 27.5. The normalized spacial score (nSPS) is 22.0. The Morgan fingerprint density at radius 3 is 1.60 bits per heavy atom. The van der Waals surface area contributed by atoms with Crippen molar-refractivity contribution in [2.75, 3.05) is 6.54 Å². The second-order valence-corrected chi connectivity index (χ2v) is 18.6. The molecule has 260 valence electrons. The number of fused-ring (bicyclic) bond motifs is 4. The molecule has 18 rings (SSSR count). The lowest BCUT2D eigenvalue weighted by Gasteiger charge is -2.47. The van der Waals surface area contributed by atoms with Gasteiger partial charge in [0.25, 0.3) is 5.91 Å². The fourth-order valence-electron chi connectivity index (χ4n) is 15.8. The van der Waals surface area contributed by atoms with Crippen LogP contribution in [-0.4, -0.2) is 23.4 Å². The second kappa shape index (κ2) is 7.76. The topological polar surface area (TPSA) is 20.3 Å². The van der Waals surface area contributed by atoms with E-state index in [0.717, 1.165) is 6.42 Å². The minimum Gasteiger partial charge on any atom is -0.333 e. The molecule has 1 heterocycles. The summed E-state index contributed by atoms with van der Waals surface area (Å²) in [5, 5.41) is 38.6. The van der Waals surface area contributed by atoms with Crippen molar-refractivity contribution in [2.24, 2.45) is 5.41 Å². The van der Waals surface area contributed by atoms with Gasteiger partial charge in [-0.15, -0.1) is 24.7 Å². The molecule has 0 saturated carbocycles. The van der Waals surface area contributed by atoms with E-state index < -0.39 is 10.8 Å². The second-order valence-electron chi connectivity index (χ2n) is 18.6. The number of terminal acetylenes is 2. The van der Waals surface area contributed by atoms with E-state index in [-0.39, 0.29) is 11.9 Å². The van der Waals surface area contributed by atoms with Gasteiger partial charge in [0.15, 0.2) is 0 Å². The van der Waals surface area contributed by atoms with Crippen LogP contribution in [0.15, 0.2) is 78.9 Å². The standard InChI is InChI=1S/C56H25NO/c1-3-5-20-55-21-31-30-17-16-27-26-13-12-24-25-14-15-28-29-18-19-32-42-40(29)45-37(28)36(25)43-34(24)35(26)44-38(27)39(30)46-41(31)53(52(42)51-49(45)47(43)48(44)50(46)51)56(32,55)22-57(33(55)9-4-2)54(58)23-10-7-6-8-11-23/h1-2,6-8,10-19,21,33H,5,9,20,22H2/t33?,55?,56-/m0/s1. The quantitative estimate of drug-likeness (QED) is 0.131. The van der Waals surface area contributed by atoms with Gasteiger partial charge in [0.2, 0.25) is 0 Å². The fourth-order valence-corrected chi connectivity index (χ4v) is 15.8. The molecular formula is C56H25NO. The number of amides is 1. The highest BCUT2D eigenvalue weighted by molar-refractivity contribution is 6.67. The van der Waals surface area contributed by atoms with Crippen LogP contribution in [0.2, 0.25) is 0 Å². The Labute approximate surface area is 328 Å². The molecule has 0 aromatic heterocycles. The van der Waals surface area contributed by atoms with Crippen molar-refractivity contribution < 1.29 is 4.79 Å². The van der Waals surface area contributed by atoms with Crippen molar-refractivity contribution in [1.82, 2.24) is 4.90 Å². The first-order valence-electron chi connectivity index (χ1n) is 20.8. The van der Waals surface area contributed by atoms with E-state index in [0.29, 0.717) is 24.9 Å². The van der Waals surface area contributed by atoms with E-state index in [4.69, 9.17) is 12.8 Å². The van der Waals surface area contributed by atoms with Crippen molar-refractivity contribution in [2.45, 2.75) is 30.7 Å². The van der Waals surface area contributed by atoms with Gasteiger partial charge in [-0.25, -0.2) is 0 Å². The maximum Gasteiger partial charge on any atom is 0.254 e. The molecule has 1 saturated heterocycles. The number of hydrogen-bond acceptors (Lipinski definition) is 1. The summed E-state index contributed by atoms with van der Waals surface area (Å²) in [4.78, 5) is 17.3. The van der Waals surface area contributed by atoms with Gasteiger partial charge in [-0.1, -0.05) is 72.8 Å². The summed E-state index contributed by atoms with van der Waals surface area (Å²) in [5.74, 6) is 6.27. The molecule has 3 atom stereocenters. The molecular weight excluding hydrogens is 703 g/mol. The summed E-state index contributed by atoms with van der Waals surface area (Å²) in [6.45, 7) is 0.561. The molecule has 0 bridgehead atoms. The molecule has 1 fully saturated rings. The summed E-state index contributed by atoms with van der Waals surface area (Å²) in [7, 11) is 0. The lowest BCUT2D eigenvalue weighted by atomic mass is 9.53. The van der Waals surface area contributed by atoms with Gasteiger partial charge < -0.3 is 4.90 Å². The average molecular weight is 728 g/mol. The maximum atomic E-state index is 15.2. The van der Waals surface area contributed by atoms with Crippen LogP contribution in [0.25, 0.3) is 146 Å². The number of hydrogen-bond donors (Lipinski definition) is 0. The van der Waals surface area contributed by atoms with Gasteiger partial charge in [-0.3, -0.25) is 4.79 Å². The highest BCUT2D eigenvalue weighted by Crippen LogP contribution is 2.73. The van der Waals surface area contributed by atoms with E-state index in [1.165, 1.54) is 156 Å². The fraction of sp³-hybridized carbons (Fsp3) is 0.125. The predicted octanol–water partition coefficient (Wildman–Crippen LogP) is 12.1. The van der Waals surface area contributed by atoms with Crippen molar-refractivity contribution in [1.29, 1.82) is 0 Å². The zero-order valence-corrected chi connectivity index (χ0v) is 31.0. The molecule has 2 aliphatic carbocycles. The highest BCUT2D eigenvalue weighted by atomic mass is 16.2. The van der Waals surface area contributed by atoms with Gasteiger partial charge in [0.1, 0.15) is 0 Å². The van der Waals surface area contributed by atoms with Crippen molar-refractivity contribution >= 4 is 152 Å². The van der Waals surface area contributed by atoms with Crippen LogP contribution in [0.5, 0.6) is 0 Å². The third kappa shape index (κ3) is 2.12. The van der Waals surface area contributed by atoms with Crippen LogP contribution < -0.4 is 5.22 Å². The number of rotatable bonds is 4. The van der Waals surface area contributed by atoms with Gasteiger partial charge >= 0.3 is 0 Å². The SMILES string of the molecule is C#CCCC12C=c3c4ccc5c6ccc7c8ccc9c%10ccc%11c%12c%13c(c3c3c4c5c4c6c7c5c8c9c(c%10%12)c6c%13c3c4c56)[C@]%111CN(C(=O)c1ccccc1)C2CC#C. The van der Waals surface area contributed by atoms with Crippen molar-refractivity contribution in [3.63, 3.8) is 0 Å². The molecule has 0 radical (unpaired) electrons. The third-order valence-electron chi connectivity index (χ3n) is 17.2. The summed E-state index contributed by atoms with van der Waals surface area (Å²) >= 11 is 0. The molecule has 1 spiro atoms. The zero-order valence-electron chi connectivity index (χ0n) is 31.0. The Bertz CT molecular complexity index is 4540. The van der Waals surface area contributed by atoms with Crippen LogP contribution in [0, 0.1) is 30.1 Å². The monoisotopic (exact) mass is 727 g/mol. The molecule has 1 amide bonds. The number of likely N-dealkylation sites (tertiary alicyclic amines) is 1. The van der Waals surface area contributed by atoms with Gasteiger partial charge in [0, 0.05) is 30.4 Å². The summed E-state index contributed by atoms with van der Waals surface area (Å²) < 4.78 is 0. The molecule has 2 heteroatoms. The minimum absolute atomic E-state index is 0.0496. The summed E-state index contributed by atoms with van der Waals surface area (Å²) in [6.07, 6.45) is 17.1. The predicted molar refractivity (Wildman–Crippen MR) is 242 cm³/mol. The molecule has 15 aromatic carbocycles. The molecule has 2 unspecified atom stereocenters. The average Bonchev–Trinajstić information content (AvgIpc) is 4.11. The van der Waals surface area contributed by atoms with Crippen LogP contribution in [0.4, 0.5) is 0 Å². The van der Waals surface area contributed by atoms with Crippen molar-refractivity contribution in [3.8, 4) is 24.7 Å². The molecule has 3 aliphatic rings.